The Kier molecular flexibility index (Phi) is 9.89. The first-order chi connectivity index (χ1) is 17.8. The van der Waals surface area contributed by atoms with Gasteiger partial charge in [0, 0.05) is 11.1 Å². The Hall–Kier alpha value is -2.56. The highest BCUT2D eigenvalue weighted by molar-refractivity contribution is 7.59. The summed E-state index contributed by atoms with van der Waals surface area (Å²) >= 11 is 6.13. The van der Waals surface area contributed by atoms with Gasteiger partial charge in [0.1, 0.15) is 23.7 Å². The molecular weight excluding hydrogens is 529 g/mol. The molecule has 0 aliphatic heterocycles. The quantitative estimate of drug-likeness (QED) is 0.198. The molecule has 4 N–H and O–H groups in total. The molecule has 38 heavy (non-hydrogen) atoms. The summed E-state index contributed by atoms with van der Waals surface area (Å²) in [5.74, 6) is -0.198. The number of rotatable bonds is 13. The molecule has 0 spiro atoms. The zero-order valence-corrected chi connectivity index (χ0v) is 24.3. The fourth-order valence-corrected chi connectivity index (χ4v) is 6.73. The van der Waals surface area contributed by atoms with Crippen molar-refractivity contribution in [2.24, 2.45) is 0 Å². The number of halogens is 1. The molecule has 3 aromatic rings. The standard InChI is InChI=1S/C25H37ClN7O4P/c1-7-10-36-24(34)25(5,6)32-38(35,31-18(4)20-9-8-19(26)11-16(20)2)15-37-17(3)12-33-14-30-21-22(27)28-13-29-23(21)33/h8-9,11,13-14,17-18H,7,10,12,15H2,1-6H3,(H2,27,28,29)(H2,31,32,35)/t17-,18+,38+/m1/s1. The summed E-state index contributed by atoms with van der Waals surface area (Å²) in [4.78, 5) is 25.2. The molecule has 0 unspecified atom stereocenters. The van der Waals surface area contributed by atoms with E-state index in [0.717, 1.165) is 11.1 Å². The van der Waals surface area contributed by atoms with Gasteiger partial charge in [-0.25, -0.2) is 25.1 Å². The minimum atomic E-state index is -3.51. The van der Waals surface area contributed by atoms with E-state index in [2.05, 4.69) is 25.1 Å². The number of nitrogens with two attached hydrogens (primary N) is 1. The van der Waals surface area contributed by atoms with Crippen molar-refractivity contribution in [1.82, 2.24) is 29.7 Å². The number of ether oxygens (including phenoxy) is 2. The second-order valence-electron chi connectivity index (χ2n) is 9.90. The van der Waals surface area contributed by atoms with Crippen molar-refractivity contribution in [3.8, 4) is 0 Å². The van der Waals surface area contributed by atoms with Crippen LogP contribution in [0.4, 0.5) is 5.82 Å². The summed E-state index contributed by atoms with van der Waals surface area (Å²) in [5, 5.41) is 6.85. The number of hydrogen-bond donors (Lipinski definition) is 3. The minimum Gasteiger partial charge on any atom is -0.464 e. The molecule has 0 aliphatic carbocycles. The van der Waals surface area contributed by atoms with E-state index >= 15 is 0 Å². The summed E-state index contributed by atoms with van der Waals surface area (Å²) < 4.78 is 27.5. The van der Waals surface area contributed by atoms with E-state index < -0.39 is 19.0 Å². The van der Waals surface area contributed by atoms with Crippen LogP contribution in [-0.4, -0.2) is 50.1 Å². The van der Waals surface area contributed by atoms with Crippen molar-refractivity contribution in [2.45, 2.75) is 72.2 Å². The lowest BCUT2D eigenvalue weighted by Gasteiger charge is -2.33. The van der Waals surface area contributed by atoms with Crippen molar-refractivity contribution in [1.29, 1.82) is 0 Å². The Morgan fingerprint density at radius 1 is 1.26 bits per heavy atom. The lowest BCUT2D eigenvalue weighted by molar-refractivity contribution is -0.149. The molecule has 0 saturated carbocycles. The molecule has 0 saturated heterocycles. The Morgan fingerprint density at radius 2 is 2.00 bits per heavy atom. The molecule has 13 heteroatoms. The van der Waals surface area contributed by atoms with Gasteiger partial charge in [0.2, 0.25) is 7.44 Å². The van der Waals surface area contributed by atoms with Crippen LogP contribution in [0.5, 0.6) is 0 Å². The summed E-state index contributed by atoms with van der Waals surface area (Å²) in [5.41, 5.74) is 7.63. The summed E-state index contributed by atoms with van der Waals surface area (Å²) in [6.45, 7) is 11.6. The largest absolute Gasteiger partial charge is 0.464 e. The maximum Gasteiger partial charge on any atom is 0.326 e. The number of carbonyl (C=O) groups is 1. The minimum absolute atomic E-state index is 0.181. The topological polar surface area (TPSA) is 146 Å². The lowest BCUT2D eigenvalue weighted by Crippen LogP contribution is -2.49. The van der Waals surface area contributed by atoms with Gasteiger partial charge in [-0.2, -0.15) is 0 Å². The molecule has 3 atom stereocenters. The molecular formula is C25H37ClN7O4P. The SMILES string of the molecule is CCCOC(=O)C(C)(C)N[P@](=O)(CO[C@H](C)Cn1cnc2c(N)ncnc21)N[C@@H](C)c1ccc(Cl)cc1C. The molecule has 0 fully saturated rings. The second kappa shape index (κ2) is 12.5. The van der Waals surface area contributed by atoms with E-state index in [-0.39, 0.29) is 25.1 Å². The molecule has 2 heterocycles. The Morgan fingerprint density at radius 3 is 2.68 bits per heavy atom. The van der Waals surface area contributed by atoms with Crippen molar-refractivity contribution < 1.29 is 18.8 Å². The first-order valence-electron chi connectivity index (χ1n) is 12.5. The number of carbonyl (C=O) groups excluding carboxylic acids is 1. The number of nitrogens with zero attached hydrogens (tertiary/aromatic N) is 4. The number of aryl methyl sites for hydroxylation is 1. The fraction of sp³-hybridized carbons (Fsp3) is 0.520. The molecule has 0 radical (unpaired) electrons. The number of benzene rings is 1. The van der Waals surface area contributed by atoms with Crippen LogP contribution in [0.15, 0.2) is 30.9 Å². The lowest BCUT2D eigenvalue weighted by atomic mass is 10.0. The number of imidazole rings is 1. The first kappa shape index (κ1) is 30.0. The average Bonchev–Trinajstić information content (AvgIpc) is 3.24. The van der Waals surface area contributed by atoms with Crippen LogP contribution >= 0.6 is 19.0 Å². The van der Waals surface area contributed by atoms with E-state index in [9.17, 15) is 9.36 Å². The fourth-order valence-electron chi connectivity index (χ4n) is 4.08. The number of hydrogen-bond acceptors (Lipinski definition) is 8. The third-order valence-corrected chi connectivity index (χ3v) is 8.40. The van der Waals surface area contributed by atoms with Gasteiger partial charge in [-0.3, -0.25) is 9.36 Å². The van der Waals surface area contributed by atoms with Crippen LogP contribution in [0.1, 0.15) is 58.2 Å². The van der Waals surface area contributed by atoms with Gasteiger partial charge in [0.25, 0.3) is 0 Å². The van der Waals surface area contributed by atoms with Gasteiger partial charge >= 0.3 is 5.97 Å². The highest BCUT2D eigenvalue weighted by Crippen LogP contribution is 2.43. The van der Waals surface area contributed by atoms with Gasteiger partial charge in [0.15, 0.2) is 11.5 Å². The predicted octanol–water partition coefficient (Wildman–Crippen LogP) is 4.60. The maximum atomic E-state index is 14.3. The van der Waals surface area contributed by atoms with Gasteiger partial charge in [-0.1, -0.05) is 24.6 Å². The third kappa shape index (κ3) is 7.51. The number of nitrogen functional groups attached to an aromatic ring is 1. The number of anilines is 1. The van der Waals surface area contributed by atoms with E-state index in [1.54, 1.807) is 30.8 Å². The van der Waals surface area contributed by atoms with Gasteiger partial charge in [0.05, 0.1) is 25.6 Å². The van der Waals surface area contributed by atoms with Gasteiger partial charge in [-0.15, -0.1) is 0 Å². The second-order valence-corrected chi connectivity index (χ2v) is 12.6. The van der Waals surface area contributed by atoms with Crippen molar-refractivity contribution in [2.75, 3.05) is 18.7 Å². The van der Waals surface area contributed by atoms with Crippen LogP contribution in [0.2, 0.25) is 5.02 Å². The van der Waals surface area contributed by atoms with Crippen LogP contribution in [0, 0.1) is 6.92 Å². The number of nitrogens with one attached hydrogen (secondary N) is 2. The smallest absolute Gasteiger partial charge is 0.326 e. The predicted molar refractivity (Wildman–Crippen MR) is 149 cm³/mol. The van der Waals surface area contributed by atoms with E-state index in [1.807, 2.05) is 39.8 Å². The van der Waals surface area contributed by atoms with Crippen molar-refractivity contribution in [3.63, 3.8) is 0 Å². The molecule has 0 bridgehead atoms. The number of aromatic nitrogens is 4. The Labute approximate surface area is 228 Å². The zero-order valence-electron chi connectivity index (χ0n) is 22.7. The molecule has 3 rings (SSSR count). The van der Waals surface area contributed by atoms with Crippen LogP contribution in [0.3, 0.4) is 0 Å². The summed E-state index contributed by atoms with van der Waals surface area (Å²) in [6.07, 6.45) is 3.13. The molecule has 0 aliphatic rings. The summed E-state index contributed by atoms with van der Waals surface area (Å²) in [6, 6.07) is 5.20. The van der Waals surface area contributed by atoms with E-state index in [1.165, 1.54) is 6.33 Å². The van der Waals surface area contributed by atoms with E-state index in [4.69, 9.17) is 26.8 Å². The number of esters is 1. The third-order valence-electron chi connectivity index (χ3n) is 5.93. The van der Waals surface area contributed by atoms with Crippen LogP contribution in [-0.2, 0) is 25.4 Å². The van der Waals surface area contributed by atoms with Gasteiger partial charge < -0.3 is 19.8 Å². The maximum absolute atomic E-state index is 14.3. The number of fused-ring (bicyclic) bond motifs is 1. The highest BCUT2D eigenvalue weighted by Gasteiger charge is 2.38. The molecule has 0 amide bonds. The normalized spacial score (nSPS) is 15.2. The van der Waals surface area contributed by atoms with Gasteiger partial charge in [-0.05, 0) is 64.3 Å². The molecule has 11 nitrogen and oxygen atoms in total. The van der Waals surface area contributed by atoms with Crippen molar-refractivity contribution >= 4 is 42.0 Å². The van der Waals surface area contributed by atoms with Crippen LogP contribution in [0.25, 0.3) is 11.2 Å². The monoisotopic (exact) mass is 565 g/mol. The zero-order chi connectivity index (χ0) is 28.1. The molecule has 2 aromatic heterocycles. The van der Waals surface area contributed by atoms with Crippen LogP contribution < -0.4 is 15.9 Å². The Bertz CT molecular complexity index is 1320. The summed E-state index contributed by atoms with van der Waals surface area (Å²) in [7, 11) is -3.51. The van der Waals surface area contributed by atoms with E-state index in [0.29, 0.717) is 35.0 Å². The molecule has 1 aromatic carbocycles. The first-order valence-corrected chi connectivity index (χ1v) is 14.7. The Balaban J connectivity index is 1.79. The molecule has 208 valence electrons. The highest BCUT2D eigenvalue weighted by atomic mass is 35.5. The van der Waals surface area contributed by atoms with Crippen molar-refractivity contribution in [3.05, 3.63) is 47.0 Å². The average molecular weight is 566 g/mol.